The average molecular weight is 349 g/mol. The van der Waals surface area contributed by atoms with Crippen molar-refractivity contribution in [2.45, 2.75) is 13.8 Å². The van der Waals surface area contributed by atoms with Crippen LogP contribution in [0.1, 0.15) is 31.2 Å². The van der Waals surface area contributed by atoms with Gasteiger partial charge in [0.2, 0.25) is 0 Å². The Labute approximate surface area is 144 Å². The molecular weight excluding hydrogens is 330 g/mol. The van der Waals surface area contributed by atoms with Crippen LogP contribution in [0, 0.1) is 13.8 Å². The van der Waals surface area contributed by atoms with Gasteiger partial charge in [-0.3, -0.25) is 4.79 Å². The van der Waals surface area contributed by atoms with E-state index < -0.39 is 11.9 Å². The van der Waals surface area contributed by atoms with Gasteiger partial charge in [-0.2, -0.15) is 0 Å². The summed E-state index contributed by atoms with van der Waals surface area (Å²) in [6, 6.07) is 4.94. The fourth-order valence-electron chi connectivity index (χ4n) is 2.22. The number of hydrogen-bond donors (Lipinski definition) is 1. The molecule has 0 saturated carbocycles. The molecule has 0 atom stereocenters. The highest BCUT2D eigenvalue weighted by molar-refractivity contribution is 7.16. The second kappa shape index (κ2) is 7.35. The first-order valence-electron chi connectivity index (χ1n) is 7.14. The Kier molecular flexibility index (Phi) is 5.46. The Morgan fingerprint density at radius 2 is 1.79 bits per heavy atom. The van der Waals surface area contributed by atoms with Gasteiger partial charge in [-0.25, -0.2) is 4.79 Å². The Morgan fingerprint density at radius 3 is 2.38 bits per heavy atom. The molecule has 2 rings (SSSR count). The molecule has 1 N–H and O–H groups in total. The molecule has 1 heterocycles. The van der Waals surface area contributed by atoms with Gasteiger partial charge < -0.3 is 19.5 Å². The van der Waals surface area contributed by atoms with Crippen molar-refractivity contribution >= 4 is 28.2 Å². The zero-order valence-electron chi connectivity index (χ0n) is 14.2. The highest BCUT2D eigenvalue weighted by Gasteiger charge is 2.23. The first-order chi connectivity index (χ1) is 11.4. The predicted octanol–water partition coefficient (Wildman–Crippen LogP) is 3.42. The molecule has 0 aliphatic heterocycles. The summed E-state index contributed by atoms with van der Waals surface area (Å²) < 4.78 is 15.2. The Hall–Kier alpha value is -2.54. The van der Waals surface area contributed by atoms with E-state index in [2.05, 4.69) is 5.32 Å². The summed E-state index contributed by atoms with van der Waals surface area (Å²) >= 11 is 1.33. The van der Waals surface area contributed by atoms with Crippen molar-refractivity contribution in [2.75, 3.05) is 26.6 Å². The minimum Gasteiger partial charge on any atom is -0.497 e. The number of thiophene rings is 1. The molecule has 0 bridgehead atoms. The van der Waals surface area contributed by atoms with Crippen LogP contribution in [0.25, 0.3) is 0 Å². The van der Waals surface area contributed by atoms with Crippen molar-refractivity contribution in [3.63, 3.8) is 0 Å². The molecule has 1 aromatic carbocycles. The normalized spacial score (nSPS) is 10.2. The van der Waals surface area contributed by atoms with Gasteiger partial charge in [-0.1, -0.05) is 0 Å². The fourth-order valence-corrected chi connectivity index (χ4v) is 3.27. The molecule has 7 heteroatoms. The van der Waals surface area contributed by atoms with Crippen LogP contribution in [0.4, 0.5) is 5.00 Å². The summed E-state index contributed by atoms with van der Waals surface area (Å²) in [5.74, 6) is 0.0764. The van der Waals surface area contributed by atoms with Crippen LogP contribution < -0.4 is 14.8 Å². The van der Waals surface area contributed by atoms with E-state index in [0.717, 1.165) is 10.4 Å². The van der Waals surface area contributed by atoms with Gasteiger partial charge in [0.05, 0.1) is 32.5 Å². The van der Waals surface area contributed by atoms with Crippen LogP contribution in [0.15, 0.2) is 18.2 Å². The van der Waals surface area contributed by atoms with E-state index in [-0.39, 0.29) is 0 Å². The van der Waals surface area contributed by atoms with Crippen LogP contribution in [-0.4, -0.2) is 33.2 Å². The number of aryl methyl sites for hydroxylation is 1. The lowest BCUT2D eigenvalue weighted by molar-refractivity contribution is 0.0601. The van der Waals surface area contributed by atoms with E-state index in [1.165, 1.54) is 32.7 Å². The summed E-state index contributed by atoms with van der Waals surface area (Å²) in [7, 11) is 4.31. The highest BCUT2D eigenvalue weighted by atomic mass is 32.1. The molecule has 1 aromatic heterocycles. The molecule has 0 fully saturated rings. The minimum absolute atomic E-state index is 0.316. The summed E-state index contributed by atoms with van der Waals surface area (Å²) in [5.41, 5.74) is 1.48. The summed E-state index contributed by atoms with van der Waals surface area (Å²) in [6.07, 6.45) is 0. The molecule has 24 heavy (non-hydrogen) atoms. The molecule has 128 valence electrons. The third kappa shape index (κ3) is 3.35. The minimum atomic E-state index is -0.482. The van der Waals surface area contributed by atoms with E-state index in [1.807, 2.05) is 13.8 Å². The maximum Gasteiger partial charge on any atom is 0.341 e. The molecule has 0 radical (unpaired) electrons. The van der Waals surface area contributed by atoms with Gasteiger partial charge in [0.25, 0.3) is 5.91 Å². The first-order valence-corrected chi connectivity index (χ1v) is 7.96. The number of anilines is 1. The van der Waals surface area contributed by atoms with E-state index in [0.29, 0.717) is 27.6 Å². The van der Waals surface area contributed by atoms with Crippen LogP contribution in [-0.2, 0) is 4.74 Å². The van der Waals surface area contributed by atoms with Crippen LogP contribution >= 0.6 is 11.3 Å². The first kappa shape index (κ1) is 17.8. The number of ether oxygens (including phenoxy) is 3. The predicted molar refractivity (Wildman–Crippen MR) is 92.6 cm³/mol. The number of esters is 1. The number of amides is 1. The lowest BCUT2D eigenvalue weighted by Crippen LogP contribution is -2.15. The number of hydrogen-bond acceptors (Lipinski definition) is 6. The molecule has 2 aromatic rings. The zero-order valence-corrected chi connectivity index (χ0v) is 15.0. The lowest BCUT2D eigenvalue weighted by Gasteiger charge is -2.11. The Morgan fingerprint density at radius 1 is 1.08 bits per heavy atom. The summed E-state index contributed by atoms with van der Waals surface area (Å²) in [5, 5.41) is 3.22. The Bertz CT molecular complexity index is 782. The molecule has 0 aliphatic rings. The summed E-state index contributed by atoms with van der Waals surface area (Å²) in [6.45, 7) is 3.70. The lowest BCUT2D eigenvalue weighted by atomic mass is 10.1. The number of benzene rings is 1. The number of nitrogens with one attached hydrogen (secondary N) is 1. The fraction of sp³-hybridized carbons (Fsp3) is 0.294. The van der Waals surface area contributed by atoms with Gasteiger partial charge in [-0.15, -0.1) is 11.3 Å². The second-order valence-corrected chi connectivity index (χ2v) is 6.22. The quantitative estimate of drug-likeness (QED) is 0.837. The summed E-state index contributed by atoms with van der Waals surface area (Å²) in [4.78, 5) is 25.6. The van der Waals surface area contributed by atoms with Crippen molar-refractivity contribution < 1.29 is 23.8 Å². The van der Waals surface area contributed by atoms with E-state index in [4.69, 9.17) is 14.2 Å². The van der Waals surface area contributed by atoms with Gasteiger partial charge in [-0.05, 0) is 37.6 Å². The second-order valence-electron chi connectivity index (χ2n) is 5.00. The van der Waals surface area contributed by atoms with Crippen molar-refractivity contribution in [1.82, 2.24) is 0 Å². The van der Waals surface area contributed by atoms with Gasteiger partial charge in [0.1, 0.15) is 16.5 Å². The zero-order chi connectivity index (χ0) is 17.9. The molecule has 0 spiro atoms. The molecule has 0 aliphatic carbocycles. The number of rotatable bonds is 5. The molecule has 0 saturated heterocycles. The van der Waals surface area contributed by atoms with E-state index >= 15 is 0 Å². The number of carbonyl (C=O) groups is 2. The standard InChI is InChI=1S/C17H19NO5S/c1-9-10(2)24-16(14(9)17(20)23-5)18-15(19)12-8-11(21-3)6-7-13(12)22-4/h6-8H,1-5H3,(H,18,19). The van der Waals surface area contributed by atoms with Gasteiger partial charge >= 0.3 is 5.97 Å². The monoisotopic (exact) mass is 349 g/mol. The molecule has 1 amide bonds. The number of carbonyl (C=O) groups excluding carboxylic acids is 2. The third-order valence-electron chi connectivity index (χ3n) is 3.65. The number of methoxy groups -OCH3 is 3. The Balaban J connectivity index is 2.41. The molecule has 0 unspecified atom stereocenters. The van der Waals surface area contributed by atoms with Crippen molar-refractivity contribution in [3.8, 4) is 11.5 Å². The molecule has 6 nitrogen and oxygen atoms in total. The smallest absolute Gasteiger partial charge is 0.341 e. The van der Waals surface area contributed by atoms with Crippen LogP contribution in [0.3, 0.4) is 0 Å². The average Bonchev–Trinajstić information content (AvgIpc) is 2.87. The maximum atomic E-state index is 12.7. The highest BCUT2D eigenvalue weighted by Crippen LogP contribution is 2.34. The SMILES string of the molecule is COC(=O)c1c(NC(=O)c2cc(OC)ccc2OC)sc(C)c1C. The third-order valence-corrected chi connectivity index (χ3v) is 4.78. The van der Waals surface area contributed by atoms with E-state index in [1.54, 1.807) is 18.2 Å². The maximum absolute atomic E-state index is 12.7. The van der Waals surface area contributed by atoms with E-state index in [9.17, 15) is 9.59 Å². The topological polar surface area (TPSA) is 73.9 Å². The van der Waals surface area contributed by atoms with Crippen molar-refractivity contribution in [1.29, 1.82) is 0 Å². The van der Waals surface area contributed by atoms with Crippen LogP contribution in [0.5, 0.6) is 11.5 Å². The largest absolute Gasteiger partial charge is 0.497 e. The van der Waals surface area contributed by atoms with Gasteiger partial charge in [0, 0.05) is 4.88 Å². The van der Waals surface area contributed by atoms with Gasteiger partial charge in [0.15, 0.2) is 0 Å². The van der Waals surface area contributed by atoms with Crippen LogP contribution in [0.2, 0.25) is 0 Å². The van der Waals surface area contributed by atoms with Crippen molar-refractivity contribution in [2.24, 2.45) is 0 Å². The van der Waals surface area contributed by atoms with Crippen molar-refractivity contribution in [3.05, 3.63) is 39.8 Å². The molecular formula is C17H19NO5S.